The average Bonchev–Trinajstić information content (AvgIpc) is 2.18. The van der Waals surface area contributed by atoms with Gasteiger partial charge in [-0.3, -0.25) is 0 Å². The van der Waals surface area contributed by atoms with E-state index in [2.05, 4.69) is 21.3 Å². The molecule has 1 fully saturated rings. The number of anilines is 2. The zero-order valence-electron chi connectivity index (χ0n) is 7.53. The van der Waals surface area contributed by atoms with Crippen LogP contribution in [-0.2, 0) is 0 Å². The highest BCUT2D eigenvalue weighted by Gasteiger charge is 2.27. The standard InChI is InChI=1S/C10H13N3/c1-4-9-10(11-5-1)12-8-3-2-6-13(9)7-8/h1,4-5,8H,2-3,6-7H2,(H,11,12). The molecule has 0 radical (unpaired) electrons. The highest BCUT2D eigenvalue weighted by Crippen LogP contribution is 2.32. The second kappa shape index (κ2) is 2.62. The largest absolute Gasteiger partial charge is 0.367 e. The van der Waals surface area contributed by atoms with Gasteiger partial charge < -0.3 is 10.2 Å². The van der Waals surface area contributed by atoms with Crippen LogP contribution in [0.25, 0.3) is 0 Å². The van der Waals surface area contributed by atoms with E-state index in [-0.39, 0.29) is 0 Å². The fourth-order valence-electron chi connectivity index (χ4n) is 2.27. The molecule has 1 aromatic rings. The van der Waals surface area contributed by atoms with Crippen LogP contribution in [0.3, 0.4) is 0 Å². The SMILES string of the molecule is c1cnc2c(c1)N1CCCC(C1)N2. The van der Waals surface area contributed by atoms with Crippen molar-refractivity contribution in [2.24, 2.45) is 0 Å². The topological polar surface area (TPSA) is 28.2 Å². The van der Waals surface area contributed by atoms with E-state index >= 15 is 0 Å². The van der Waals surface area contributed by atoms with E-state index in [9.17, 15) is 0 Å². The predicted octanol–water partition coefficient (Wildman–Crippen LogP) is 1.48. The number of nitrogens with zero attached hydrogens (tertiary/aromatic N) is 2. The normalized spacial score (nSPS) is 24.9. The van der Waals surface area contributed by atoms with Crippen LogP contribution < -0.4 is 10.2 Å². The Labute approximate surface area is 77.8 Å². The molecule has 1 N–H and O–H groups in total. The molecule has 0 spiro atoms. The summed E-state index contributed by atoms with van der Waals surface area (Å²) in [5.74, 6) is 1.07. The number of rotatable bonds is 0. The molecule has 0 aliphatic carbocycles. The van der Waals surface area contributed by atoms with Crippen molar-refractivity contribution >= 4 is 11.5 Å². The fraction of sp³-hybridized carbons (Fsp3) is 0.500. The number of pyridine rings is 1. The van der Waals surface area contributed by atoms with E-state index in [1.165, 1.54) is 25.1 Å². The molecule has 3 nitrogen and oxygen atoms in total. The second-order valence-corrected chi connectivity index (χ2v) is 3.80. The van der Waals surface area contributed by atoms with Crippen LogP contribution in [0.1, 0.15) is 12.8 Å². The van der Waals surface area contributed by atoms with Crippen LogP contribution in [-0.4, -0.2) is 24.1 Å². The van der Waals surface area contributed by atoms with Gasteiger partial charge in [-0.2, -0.15) is 0 Å². The van der Waals surface area contributed by atoms with Crippen molar-refractivity contribution in [3.8, 4) is 0 Å². The van der Waals surface area contributed by atoms with Crippen LogP contribution >= 0.6 is 0 Å². The maximum absolute atomic E-state index is 4.35. The lowest BCUT2D eigenvalue weighted by Crippen LogP contribution is -2.46. The first kappa shape index (κ1) is 7.18. The van der Waals surface area contributed by atoms with Crippen molar-refractivity contribution in [3.05, 3.63) is 18.3 Å². The van der Waals surface area contributed by atoms with E-state index in [0.29, 0.717) is 6.04 Å². The van der Waals surface area contributed by atoms with E-state index in [1.807, 2.05) is 12.3 Å². The summed E-state index contributed by atoms with van der Waals surface area (Å²) in [5.41, 5.74) is 1.28. The Bertz CT molecular complexity index is 324. The van der Waals surface area contributed by atoms with Crippen molar-refractivity contribution in [1.82, 2.24) is 4.98 Å². The molecule has 0 saturated carbocycles. The molecule has 68 valence electrons. The molecule has 2 aliphatic rings. The smallest absolute Gasteiger partial charge is 0.149 e. The molecule has 3 heteroatoms. The molecule has 1 atom stereocenters. The number of hydrogen-bond donors (Lipinski definition) is 1. The highest BCUT2D eigenvalue weighted by atomic mass is 15.2. The zero-order valence-corrected chi connectivity index (χ0v) is 7.53. The Morgan fingerprint density at radius 1 is 1.54 bits per heavy atom. The van der Waals surface area contributed by atoms with Crippen molar-refractivity contribution in [2.45, 2.75) is 18.9 Å². The first-order chi connectivity index (χ1) is 6.43. The monoisotopic (exact) mass is 175 g/mol. The summed E-state index contributed by atoms with van der Waals surface area (Å²) >= 11 is 0. The van der Waals surface area contributed by atoms with Crippen LogP contribution in [0.4, 0.5) is 11.5 Å². The summed E-state index contributed by atoms with van der Waals surface area (Å²) in [4.78, 5) is 6.79. The van der Waals surface area contributed by atoms with Gasteiger partial charge in [0.15, 0.2) is 0 Å². The maximum Gasteiger partial charge on any atom is 0.149 e. The minimum atomic E-state index is 0.621. The van der Waals surface area contributed by atoms with Crippen molar-refractivity contribution in [1.29, 1.82) is 0 Å². The highest BCUT2D eigenvalue weighted by molar-refractivity contribution is 5.68. The number of piperidine rings is 1. The molecular formula is C10H13N3. The average molecular weight is 175 g/mol. The molecule has 2 bridgehead atoms. The van der Waals surface area contributed by atoms with Crippen LogP contribution in [0, 0.1) is 0 Å². The van der Waals surface area contributed by atoms with Gasteiger partial charge in [0.1, 0.15) is 5.82 Å². The molecule has 2 aliphatic heterocycles. The van der Waals surface area contributed by atoms with Gasteiger partial charge in [0, 0.05) is 25.3 Å². The lowest BCUT2D eigenvalue weighted by Gasteiger charge is -2.40. The Morgan fingerprint density at radius 3 is 3.54 bits per heavy atom. The third-order valence-corrected chi connectivity index (χ3v) is 2.89. The first-order valence-corrected chi connectivity index (χ1v) is 4.90. The van der Waals surface area contributed by atoms with Gasteiger partial charge in [0.05, 0.1) is 5.69 Å². The van der Waals surface area contributed by atoms with Gasteiger partial charge in [-0.05, 0) is 25.0 Å². The number of aromatic nitrogens is 1. The number of fused-ring (bicyclic) bond motifs is 4. The first-order valence-electron chi connectivity index (χ1n) is 4.90. The van der Waals surface area contributed by atoms with Crippen LogP contribution in [0.2, 0.25) is 0 Å². The predicted molar refractivity (Wildman–Crippen MR) is 53.1 cm³/mol. The summed E-state index contributed by atoms with van der Waals surface area (Å²) in [5, 5.41) is 3.48. The van der Waals surface area contributed by atoms with Crippen molar-refractivity contribution in [2.75, 3.05) is 23.3 Å². The molecular weight excluding hydrogens is 162 g/mol. The maximum atomic E-state index is 4.35. The lowest BCUT2D eigenvalue weighted by atomic mass is 10.0. The lowest BCUT2D eigenvalue weighted by molar-refractivity contribution is 0.515. The van der Waals surface area contributed by atoms with Gasteiger partial charge in [-0.15, -0.1) is 0 Å². The van der Waals surface area contributed by atoms with E-state index < -0.39 is 0 Å². The van der Waals surface area contributed by atoms with Crippen LogP contribution in [0.15, 0.2) is 18.3 Å². The van der Waals surface area contributed by atoms with Crippen LogP contribution in [0.5, 0.6) is 0 Å². The van der Waals surface area contributed by atoms with Crippen molar-refractivity contribution in [3.63, 3.8) is 0 Å². The summed E-state index contributed by atoms with van der Waals surface area (Å²) in [6, 6.07) is 4.78. The Balaban J connectivity index is 2.06. The van der Waals surface area contributed by atoms with Gasteiger partial charge in [-0.25, -0.2) is 4.98 Å². The van der Waals surface area contributed by atoms with Gasteiger partial charge >= 0.3 is 0 Å². The molecule has 1 unspecified atom stereocenters. The van der Waals surface area contributed by atoms with Gasteiger partial charge in [-0.1, -0.05) is 0 Å². The summed E-state index contributed by atoms with van der Waals surface area (Å²) < 4.78 is 0. The zero-order chi connectivity index (χ0) is 8.67. The molecule has 3 rings (SSSR count). The van der Waals surface area contributed by atoms with Gasteiger partial charge in [0.25, 0.3) is 0 Å². The Kier molecular flexibility index (Phi) is 1.45. The molecule has 1 aromatic heterocycles. The Hall–Kier alpha value is -1.25. The Morgan fingerprint density at radius 2 is 2.54 bits per heavy atom. The number of hydrogen-bond acceptors (Lipinski definition) is 3. The summed E-state index contributed by atoms with van der Waals surface area (Å²) in [6.45, 7) is 2.34. The summed E-state index contributed by atoms with van der Waals surface area (Å²) in [6.07, 6.45) is 4.44. The molecule has 0 aromatic carbocycles. The summed E-state index contributed by atoms with van der Waals surface area (Å²) in [7, 11) is 0. The quantitative estimate of drug-likeness (QED) is 0.647. The second-order valence-electron chi connectivity index (χ2n) is 3.80. The third kappa shape index (κ3) is 1.07. The molecule has 13 heavy (non-hydrogen) atoms. The molecule has 3 heterocycles. The minimum Gasteiger partial charge on any atom is -0.367 e. The van der Waals surface area contributed by atoms with E-state index in [1.54, 1.807) is 0 Å². The molecule has 1 saturated heterocycles. The van der Waals surface area contributed by atoms with Gasteiger partial charge in [0.2, 0.25) is 0 Å². The fourth-order valence-corrected chi connectivity index (χ4v) is 2.27. The minimum absolute atomic E-state index is 0.621. The number of nitrogens with one attached hydrogen (secondary N) is 1. The van der Waals surface area contributed by atoms with E-state index in [4.69, 9.17) is 0 Å². The molecule has 0 amide bonds. The van der Waals surface area contributed by atoms with Crippen molar-refractivity contribution < 1.29 is 0 Å². The third-order valence-electron chi connectivity index (χ3n) is 2.89. The van der Waals surface area contributed by atoms with E-state index in [0.717, 1.165) is 12.4 Å².